The molecule has 0 spiro atoms. The first-order valence-corrected chi connectivity index (χ1v) is 7.51. The van der Waals surface area contributed by atoms with Crippen LogP contribution in [-0.2, 0) is 22.9 Å². The summed E-state index contributed by atoms with van der Waals surface area (Å²) in [4.78, 5) is 11.3. The van der Waals surface area contributed by atoms with Crippen molar-refractivity contribution in [2.75, 3.05) is 12.8 Å². The van der Waals surface area contributed by atoms with Gasteiger partial charge in [0.25, 0.3) is 0 Å². The van der Waals surface area contributed by atoms with Crippen molar-refractivity contribution in [3.63, 3.8) is 0 Å². The molecule has 0 aromatic rings. The maximum Gasteiger partial charge on any atom is 0.335 e. The van der Waals surface area contributed by atoms with Crippen LogP contribution in [0, 0.1) is 0 Å². The Morgan fingerprint density at radius 2 is 2.06 bits per heavy atom. The van der Waals surface area contributed by atoms with E-state index in [9.17, 15) is 9.36 Å². The molecule has 0 aromatic heterocycles. The molecule has 0 amide bonds. The fraction of sp³-hybridized carbons (Fsp3) is 0.889. The molecular weight excluding hydrogens is 250 g/mol. The maximum atomic E-state index is 12.0. The lowest BCUT2D eigenvalue weighted by atomic mass is 10.4. The van der Waals surface area contributed by atoms with E-state index in [4.69, 9.17) is 13.6 Å². The molecule has 0 aliphatic rings. The SMILES string of the molecule is CCCCP(=O)(OP)O[C@@H](C)C(=O)OCC. The van der Waals surface area contributed by atoms with E-state index in [1.54, 1.807) is 6.92 Å². The minimum Gasteiger partial charge on any atom is -0.464 e. The molecular formula is C9H20O5P2. The van der Waals surface area contributed by atoms with Gasteiger partial charge in [0, 0.05) is 9.47 Å². The van der Waals surface area contributed by atoms with Gasteiger partial charge in [-0.15, -0.1) is 0 Å². The van der Waals surface area contributed by atoms with Gasteiger partial charge in [-0.05, 0) is 20.3 Å². The monoisotopic (exact) mass is 270 g/mol. The molecule has 96 valence electrons. The van der Waals surface area contributed by atoms with Gasteiger partial charge in [0.2, 0.25) is 0 Å². The second-order valence-electron chi connectivity index (χ2n) is 3.29. The average Bonchev–Trinajstić information content (AvgIpc) is 2.26. The quantitative estimate of drug-likeness (QED) is 0.501. The van der Waals surface area contributed by atoms with Gasteiger partial charge in [-0.25, -0.2) is 4.79 Å². The standard InChI is InChI=1S/C9H20O5P2/c1-4-6-7-16(11,14-15)13-8(3)9(10)12-5-2/h8H,4-7,15H2,1-3H3/t8-,16?/m0/s1. The molecule has 0 N–H and O–H groups in total. The molecule has 0 rings (SSSR count). The van der Waals surface area contributed by atoms with Crippen LogP contribution in [0.25, 0.3) is 0 Å². The van der Waals surface area contributed by atoms with Crippen LogP contribution in [0.4, 0.5) is 0 Å². The molecule has 0 saturated heterocycles. The minimum atomic E-state index is -3.19. The first kappa shape index (κ1) is 16.1. The number of carbonyl (C=O) groups is 1. The summed E-state index contributed by atoms with van der Waals surface area (Å²) in [6.07, 6.45) is 1.04. The highest BCUT2D eigenvalue weighted by Gasteiger charge is 2.29. The Balaban J connectivity index is 4.29. The summed E-state index contributed by atoms with van der Waals surface area (Å²) in [6.45, 7) is 5.45. The third-order valence-corrected chi connectivity index (χ3v) is 4.67. The van der Waals surface area contributed by atoms with E-state index in [0.717, 1.165) is 12.8 Å². The first-order chi connectivity index (χ1) is 7.49. The largest absolute Gasteiger partial charge is 0.464 e. The highest BCUT2D eigenvalue weighted by atomic mass is 31.2. The van der Waals surface area contributed by atoms with E-state index in [-0.39, 0.29) is 6.61 Å². The minimum absolute atomic E-state index is 0.271. The van der Waals surface area contributed by atoms with E-state index in [0.29, 0.717) is 6.16 Å². The summed E-state index contributed by atoms with van der Waals surface area (Å²) in [5, 5.41) is 0. The first-order valence-electron chi connectivity index (χ1n) is 5.31. The van der Waals surface area contributed by atoms with Gasteiger partial charge in [0.15, 0.2) is 6.10 Å². The predicted octanol–water partition coefficient (Wildman–Crippen LogP) is 2.75. The van der Waals surface area contributed by atoms with Gasteiger partial charge in [-0.3, -0.25) is 13.4 Å². The number of unbranched alkanes of at least 4 members (excludes halogenated alkanes) is 1. The zero-order valence-electron chi connectivity index (χ0n) is 9.97. The number of ether oxygens (including phenoxy) is 1. The molecule has 2 unspecified atom stereocenters. The zero-order valence-corrected chi connectivity index (χ0v) is 12.0. The Morgan fingerprint density at radius 3 is 2.50 bits per heavy atom. The molecule has 0 fully saturated rings. The number of hydrogen-bond donors (Lipinski definition) is 0. The highest BCUT2D eigenvalue weighted by molar-refractivity contribution is 7.57. The van der Waals surface area contributed by atoms with Gasteiger partial charge >= 0.3 is 13.6 Å². The number of carbonyl (C=O) groups excluding carboxylic acids is 1. The molecule has 5 nitrogen and oxygen atoms in total. The lowest BCUT2D eigenvalue weighted by molar-refractivity contribution is -0.150. The van der Waals surface area contributed by atoms with E-state index in [1.807, 2.05) is 16.4 Å². The van der Waals surface area contributed by atoms with Crippen LogP contribution in [0.5, 0.6) is 0 Å². The van der Waals surface area contributed by atoms with Crippen molar-refractivity contribution in [3.05, 3.63) is 0 Å². The van der Waals surface area contributed by atoms with Gasteiger partial charge in [-0.2, -0.15) is 0 Å². The fourth-order valence-electron chi connectivity index (χ4n) is 1.03. The molecule has 0 heterocycles. The highest BCUT2D eigenvalue weighted by Crippen LogP contribution is 2.52. The van der Waals surface area contributed by atoms with Crippen LogP contribution in [0.1, 0.15) is 33.6 Å². The molecule has 0 saturated carbocycles. The van der Waals surface area contributed by atoms with E-state index in [2.05, 4.69) is 0 Å². The van der Waals surface area contributed by atoms with Crippen LogP contribution < -0.4 is 0 Å². The zero-order chi connectivity index (χ0) is 12.6. The predicted molar refractivity (Wildman–Crippen MR) is 65.4 cm³/mol. The Morgan fingerprint density at radius 1 is 1.44 bits per heavy atom. The van der Waals surface area contributed by atoms with Gasteiger partial charge in [0.05, 0.1) is 12.8 Å². The lowest BCUT2D eigenvalue weighted by Crippen LogP contribution is -2.22. The van der Waals surface area contributed by atoms with Gasteiger partial charge in [-0.1, -0.05) is 13.3 Å². The van der Waals surface area contributed by atoms with Crippen molar-refractivity contribution in [1.29, 1.82) is 0 Å². The Hall–Kier alpha value is 0.0500. The third-order valence-electron chi connectivity index (χ3n) is 1.88. The smallest absolute Gasteiger partial charge is 0.335 e. The van der Waals surface area contributed by atoms with Crippen molar-refractivity contribution in [2.45, 2.75) is 39.7 Å². The van der Waals surface area contributed by atoms with Gasteiger partial charge < -0.3 is 4.74 Å². The van der Waals surface area contributed by atoms with Gasteiger partial charge in [0.1, 0.15) is 0 Å². The summed E-state index contributed by atoms with van der Waals surface area (Å²) < 4.78 is 26.7. The second-order valence-corrected chi connectivity index (χ2v) is 6.02. The van der Waals surface area contributed by atoms with Crippen molar-refractivity contribution in [2.24, 2.45) is 0 Å². The normalized spacial score (nSPS) is 16.5. The van der Waals surface area contributed by atoms with Crippen LogP contribution in [-0.4, -0.2) is 24.8 Å². The summed E-state index contributed by atoms with van der Waals surface area (Å²) in [7, 11) is -1.26. The van der Waals surface area contributed by atoms with E-state index >= 15 is 0 Å². The molecule has 0 radical (unpaired) electrons. The van der Waals surface area contributed by atoms with Crippen LogP contribution in [0.3, 0.4) is 0 Å². The van der Waals surface area contributed by atoms with Crippen molar-refractivity contribution in [3.8, 4) is 0 Å². The molecule has 0 aliphatic carbocycles. The van der Waals surface area contributed by atoms with Crippen molar-refractivity contribution < 1.29 is 22.9 Å². The molecule has 7 heteroatoms. The molecule has 0 aromatic carbocycles. The van der Waals surface area contributed by atoms with Crippen molar-refractivity contribution in [1.82, 2.24) is 0 Å². The summed E-state index contributed by atoms with van der Waals surface area (Å²) >= 11 is 0. The number of esters is 1. The third kappa shape index (κ3) is 5.95. The topological polar surface area (TPSA) is 61.8 Å². The van der Waals surface area contributed by atoms with Crippen molar-refractivity contribution >= 4 is 23.0 Å². The molecule has 0 aliphatic heterocycles. The van der Waals surface area contributed by atoms with E-state index in [1.165, 1.54) is 6.92 Å². The number of hydrogen-bond acceptors (Lipinski definition) is 5. The number of rotatable bonds is 8. The second kappa shape index (κ2) is 8.19. The maximum absolute atomic E-state index is 12.0. The van der Waals surface area contributed by atoms with Crippen LogP contribution in [0.15, 0.2) is 0 Å². The Bertz CT molecular complexity index is 256. The van der Waals surface area contributed by atoms with Crippen LogP contribution in [0.2, 0.25) is 0 Å². The molecule has 16 heavy (non-hydrogen) atoms. The Kier molecular flexibility index (Phi) is 8.21. The summed E-state index contributed by atoms with van der Waals surface area (Å²) in [5.41, 5.74) is 0. The fourth-order valence-corrected chi connectivity index (χ4v) is 3.02. The average molecular weight is 270 g/mol. The Labute approximate surface area is 99.0 Å². The summed E-state index contributed by atoms with van der Waals surface area (Å²) in [6, 6.07) is 0. The molecule has 0 bridgehead atoms. The lowest BCUT2D eigenvalue weighted by Gasteiger charge is -2.19. The summed E-state index contributed by atoms with van der Waals surface area (Å²) in [5.74, 6) is -0.527. The molecule has 3 atom stereocenters. The van der Waals surface area contributed by atoms with E-state index < -0.39 is 19.7 Å². The van der Waals surface area contributed by atoms with Crippen LogP contribution >= 0.6 is 17.1 Å².